The predicted molar refractivity (Wildman–Crippen MR) is 127 cm³/mol. The molecule has 1 aliphatic heterocycles. The molecule has 0 spiro atoms. The number of nitrogens with zero attached hydrogens (tertiary/aromatic N) is 2. The minimum Gasteiger partial charge on any atom is -0.495 e. The molecule has 1 unspecified atom stereocenters. The first-order chi connectivity index (χ1) is 15.0. The Morgan fingerprint density at radius 1 is 1.42 bits per heavy atom. The first kappa shape index (κ1) is 23.7. The second-order valence-electron chi connectivity index (χ2n) is 6.63. The Morgan fingerprint density at radius 3 is 2.81 bits per heavy atom. The van der Waals surface area contributed by atoms with Crippen molar-refractivity contribution in [3.63, 3.8) is 0 Å². The number of benzene rings is 1. The second kappa shape index (κ2) is 11.1. The van der Waals surface area contributed by atoms with Crippen LogP contribution in [0.15, 0.2) is 70.3 Å². The number of ether oxygens (including phenoxy) is 1. The van der Waals surface area contributed by atoms with Crippen LogP contribution in [-0.4, -0.2) is 51.3 Å². The third-order valence-electron chi connectivity index (χ3n) is 4.75. The molecule has 1 aromatic heterocycles. The molecule has 1 aromatic carbocycles. The molecule has 0 aliphatic carbocycles. The minimum atomic E-state index is -1.18. The highest BCUT2D eigenvalue weighted by atomic mass is 79.9. The second-order valence-corrected chi connectivity index (χ2v) is 9.31. The number of amidine groups is 1. The molecule has 0 saturated carbocycles. The van der Waals surface area contributed by atoms with Crippen LogP contribution in [0.2, 0.25) is 0 Å². The average molecular weight is 524 g/mol. The molecular formula is C21H22BrN3O4S2. The number of aliphatic hydroxyl groups is 2. The van der Waals surface area contributed by atoms with Gasteiger partial charge in [0.1, 0.15) is 21.3 Å². The number of carbonyl (C=O) groups excluding carboxylic acids is 1. The van der Waals surface area contributed by atoms with Gasteiger partial charge >= 0.3 is 0 Å². The van der Waals surface area contributed by atoms with E-state index in [9.17, 15) is 15.0 Å². The SMILES string of the molecule is C=C/C=C\OC(CO)[C@H]1CSC(NC(=O)c2ccccc2)=N[C@]1(CO)c1nc(Br)cs1. The number of rotatable bonds is 8. The topological polar surface area (TPSA) is 104 Å². The summed E-state index contributed by atoms with van der Waals surface area (Å²) in [7, 11) is 0. The maximum atomic E-state index is 12.6. The molecule has 0 bridgehead atoms. The monoisotopic (exact) mass is 523 g/mol. The van der Waals surface area contributed by atoms with Crippen molar-refractivity contribution in [2.45, 2.75) is 11.6 Å². The number of nitrogens with one attached hydrogen (secondary N) is 1. The molecule has 0 fully saturated rings. The van der Waals surface area contributed by atoms with Gasteiger partial charge in [0, 0.05) is 22.6 Å². The Kier molecular flexibility index (Phi) is 8.44. The fourth-order valence-corrected chi connectivity index (χ4v) is 5.86. The first-order valence-corrected chi connectivity index (χ1v) is 12.0. The van der Waals surface area contributed by atoms with Gasteiger partial charge in [-0.2, -0.15) is 0 Å². The Hall–Kier alpha value is -1.98. The summed E-state index contributed by atoms with van der Waals surface area (Å²) >= 11 is 6.03. The normalized spacial score (nSPS) is 22.0. The van der Waals surface area contributed by atoms with Gasteiger partial charge in [0.2, 0.25) is 0 Å². The van der Waals surface area contributed by atoms with Crippen molar-refractivity contribution in [3.8, 4) is 0 Å². The summed E-state index contributed by atoms with van der Waals surface area (Å²) in [4.78, 5) is 21.9. The van der Waals surface area contributed by atoms with Gasteiger partial charge in [-0.1, -0.05) is 42.6 Å². The number of carbonyl (C=O) groups is 1. The van der Waals surface area contributed by atoms with E-state index in [0.717, 1.165) is 0 Å². The number of hydrogen-bond acceptors (Lipinski definition) is 8. The summed E-state index contributed by atoms with van der Waals surface area (Å²) in [6, 6.07) is 8.83. The molecule has 7 nitrogen and oxygen atoms in total. The fraction of sp³-hybridized carbons (Fsp3) is 0.286. The van der Waals surface area contributed by atoms with Crippen LogP contribution in [0.3, 0.4) is 0 Å². The van der Waals surface area contributed by atoms with E-state index < -0.39 is 17.6 Å². The van der Waals surface area contributed by atoms with Crippen LogP contribution in [-0.2, 0) is 10.3 Å². The van der Waals surface area contributed by atoms with Crippen molar-refractivity contribution >= 4 is 50.1 Å². The van der Waals surface area contributed by atoms with Gasteiger partial charge < -0.3 is 20.3 Å². The van der Waals surface area contributed by atoms with E-state index in [-0.39, 0.29) is 19.1 Å². The summed E-state index contributed by atoms with van der Waals surface area (Å²) < 4.78 is 6.35. The number of thioether (sulfide) groups is 1. The van der Waals surface area contributed by atoms with Gasteiger partial charge in [0.25, 0.3) is 5.91 Å². The number of allylic oxidation sites excluding steroid dienone is 2. The van der Waals surface area contributed by atoms with Crippen molar-refractivity contribution in [3.05, 3.63) is 75.9 Å². The first-order valence-electron chi connectivity index (χ1n) is 9.39. The third-order valence-corrected chi connectivity index (χ3v) is 7.47. The summed E-state index contributed by atoms with van der Waals surface area (Å²) in [6.45, 7) is 2.96. The van der Waals surface area contributed by atoms with Crippen molar-refractivity contribution in [2.75, 3.05) is 19.0 Å². The molecule has 31 heavy (non-hydrogen) atoms. The Labute approximate surface area is 197 Å². The summed E-state index contributed by atoms with van der Waals surface area (Å²) in [5, 5.41) is 26.1. The standard InChI is InChI=1S/C21H22BrN3O4S2/c1-2-3-9-29-16(10-26)15-11-31-20(24-18(28)14-7-5-4-6-8-14)25-21(15,13-27)19-23-17(22)12-30-19/h2-9,12,15-16,26-27H,1,10-11,13H2,(H,24,25,28)/b9-3-/t15-,16?,21+/m1/s1. The zero-order chi connectivity index (χ0) is 22.3. The number of hydrogen-bond donors (Lipinski definition) is 3. The van der Waals surface area contributed by atoms with Crippen LogP contribution in [0.4, 0.5) is 0 Å². The number of thiazole rings is 1. The molecule has 10 heteroatoms. The lowest BCUT2D eigenvalue weighted by Gasteiger charge is -2.41. The molecule has 0 saturated heterocycles. The van der Waals surface area contributed by atoms with Gasteiger partial charge in [-0.25, -0.2) is 9.98 Å². The maximum absolute atomic E-state index is 12.6. The fourth-order valence-electron chi connectivity index (χ4n) is 3.19. The lowest BCUT2D eigenvalue weighted by Crippen LogP contribution is -2.51. The number of aromatic nitrogens is 1. The molecule has 3 rings (SSSR count). The molecule has 1 amide bonds. The van der Waals surface area contributed by atoms with E-state index in [4.69, 9.17) is 9.73 Å². The van der Waals surface area contributed by atoms with Crippen LogP contribution >= 0.6 is 39.0 Å². The van der Waals surface area contributed by atoms with E-state index in [1.807, 2.05) is 6.07 Å². The highest BCUT2D eigenvalue weighted by molar-refractivity contribution is 9.10. The zero-order valence-electron chi connectivity index (χ0n) is 16.5. The van der Waals surface area contributed by atoms with E-state index in [1.54, 1.807) is 41.8 Å². The molecule has 164 valence electrons. The molecule has 1 aliphatic rings. The van der Waals surface area contributed by atoms with Crippen LogP contribution in [0.25, 0.3) is 0 Å². The molecule has 2 heterocycles. The van der Waals surface area contributed by atoms with Crippen molar-refractivity contribution in [1.82, 2.24) is 10.3 Å². The number of amides is 1. The van der Waals surface area contributed by atoms with Gasteiger partial charge in [-0.05, 0) is 34.1 Å². The number of aliphatic imine (C=N–C) groups is 1. The molecule has 3 atom stereocenters. The quantitative estimate of drug-likeness (QED) is 0.362. The van der Waals surface area contributed by atoms with Crippen molar-refractivity contribution in [1.29, 1.82) is 0 Å². The predicted octanol–water partition coefficient (Wildman–Crippen LogP) is 3.32. The maximum Gasteiger partial charge on any atom is 0.257 e. The molecular weight excluding hydrogens is 502 g/mol. The van der Waals surface area contributed by atoms with E-state index in [1.165, 1.54) is 29.4 Å². The molecule has 2 aromatic rings. The van der Waals surface area contributed by atoms with Crippen LogP contribution in [0.5, 0.6) is 0 Å². The van der Waals surface area contributed by atoms with Gasteiger partial charge in [-0.15, -0.1) is 11.3 Å². The van der Waals surface area contributed by atoms with Gasteiger partial charge in [0.15, 0.2) is 5.17 Å². The van der Waals surface area contributed by atoms with Crippen LogP contribution < -0.4 is 5.32 Å². The number of aliphatic hydroxyl groups excluding tert-OH is 2. The lowest BCUT2D eigenvalue weighted by molar-refractivity contribution is -0.00426. The zero-order valence-corrected chi connectivity index (χ0v) is 19.7. The highest BCUT2D eigenvalue weighted by Gasteiger charge is 2.50. The smallest absolute Gasteiger partial charge is 0.257 e. The van der Waals surface area contributed by atoms with Gasteiger partial charge in [0.05, 0.1) is 19.5 Å². The number of halogens is 1. The van der Waals surface area contributed by atoms with Crippen LogP contribution in [0.1, 0.15) is 15.4 Å². The Balaban J connectivity index is 1.97. The van der Waals surface area contributed by atoms with E-state index >= 15 is 0 Å². The molecule has 0 radical (unpaired) electrons. The summed E-state index contributed by atoms with van der Waals surface area (Å²) in [5.74, 6) is -0.252. The third kappa shape index (κ3) is 5.45. The van der Waals surface area contributed by atoms with Crippen molar-refractivity contribution < 1.29 is 19.7 Å². The van der Waals surface area contributed by atoms with E-state index in [2.05, 4.69) is 32.8 Å². The largest absolute Gasteiger partial charge is 0.495 e. The lowest BCUT2D eigenvalue weighted by atomic mass is 9.82. The van der Waals surface area contributed by atoms with Crippen molar-refractivity contribution in [2.24, 2.45) is 10.9 Å². The minimum absolute atomic E-state index is 0.276. The Bertz CT molecular complexity index is 967. The molecule has 3 N–H and O–H groups in total. The summed E-state index contributed by atoms with van der Waals surface area (Å²) in [6.07, 6.45) is 3.99. The summed E-state index contributed by atoms with van der Waals surface area (Å²) in [5.41, 5.74) is -0.679. The average Bonchev–Trinajstić information content (AvgIpc) is 3.24. The Morgan fingerprint density at radius 2 is 2.19 bits per heavy atom. The van der Waals surface area contributed by atoms with Crippen LogP contribution in [0, 0.1) is 5.92 Å². The van der Waals surface area contributed by atoms with E-state index in [0.29, 0.717) is 26.1 Å². The highest BCUT2D eigenvalue weighted by Crippen LogP contribution is 2.44. The van der Waals surface area contributed by atoms with Gasteiger partial charge in [-0.3, -0.25) is 4.79 Å².